The fourth-order valence-corrected chi connectivity index (χ4v) is 4.49. The van der Waals surface area contributed by atoms with Gasteiger partial charge in [-0.3, -0.25) is 14.5 Å². The third kappa shape index (κ3) is 3.07. The standard InChI is InChI=1S/C16H26N2O3/c1-11(16(20)21)17-4-6-18(7-5-17)15(19)10-14-9-12-2-3-13(14)8-12/h11-14H,2-10H2,1H3,(H,20,21). The molecule has 118 valence electrons. The van der Waals surface area contributed by atoms with Gasteiger partial charge in [-0.1, -0.05) is 6.42 Å². The van der Waals surface area contributed by atoms with E-state index < -0.39 is 12.0 Å². The molecule has 21 heavy (non-hydrogen) atoms. The Morgan fingerprint density at radius 3 is 2.38 bits per heavy atom. The topological polar surface area (TPSA) is 60.9 Å². The van der Waals surface area contributed by atoms with Crippen molar-refractivity contribution in [3.05, 3.63) is 0 Å². The van der Waals surface area contributed by atoms with E-state index in [1.54, 1.807) is 6.92 Å². The van der Waals surface area contributed by atoms with Gasteiger partial charge < -0.3 is 10.0 Å². The Bertz CT molecular complexity index is 418. The van der Waals surface area contributed by atoms with Gasteiger partial charge >= 0.3 is 5.97 Å². The normalized spacial score (nSPS) is 34.1. The van der Waals surface area contributed by atoms with Crippen molar-refractivity contribution < 1.29 is 14.7 Å². The van der Waals surface area contributed by atoms with Crippen LogP contribution in [0.25, 0.3) is 0 Å². The molecule has 0 spiro atoms. The number of carboxylic acid groups (broad SMARTS) is 1. The summed E-state index contributed by atoms with van der Waals surface area (Å²) in [4.78, 5) is 27.3. The first-order chi connectivity index (χ1) is 10.0. The van der Waals surface area contributed by atoms with E-state index in [2.05, 4.69) is 0 Å². The number of carboxylic acids is 1. The minimum absolute atomic E-state index is 0.287. The minimum Gasteiger partial charge on any atom is -0.480 e. The number of amides is 1. The molecule has 1 N–H and O–H groups in total. The van der Waals surface area contributed by atoms with Crippen LogP contribution in [0.2, 0.25) is 0 Å². The molecule has 3 aliphatic rings. The lowest BCUT2D eigenvalue weighted by Crippen LogP contribution is -2.53. The first-order valence-electron chi connectivity index (χ1n) is 8.29. The summed E-state index contributed by atoms with van der Waals surface area (Å²) in [6.07, 6.45) is 6.03. The number of fused-ring (bicyclic) bond motifs is 2. The molecule has 1 amide bonds. The molecule has 3 rings (SSSR count). The summed E-state index contributed by atoms with van der Waals surface area (Å²) in [6.45, 7) is 4.43. The van der Waals surface area contributed by atoms with E-state index >= 15 is 0 Å². The highest BCUT2D eigenvalue weighted by Crippen LogP contribution is 2.49. The summed E-state index contributed by atoms with van der Waals surface area (Å²) < 4.78 is 0. The van der Waals surface area contributed by atoms with Crippen molar-refractivity contribution in [3.8, 4) is 0 Å². The van der Waals surface area contributed by atoms with Crippen molar-refractivity contribution in [1.82, 2.24) is 9.80 Å². The molecule has 3 fully saturated rings. The number of hydrogen-bond donors (Lipinski definition) is 1. The van der Waals surface area contributed by atoms with Crippen LogP contribution in [0.3, 0.4) is 0 Å². The molecule has 0 aromatic rings. The van der Waals surface area contributed by atoms with Gasteiger partial charge in [0.1, 0.15) is 6.04 Å². The Morgan fingerprint density at radius 2 is 1.86 bits per heavy atom. The van der Waals surface area contributed by atoms with Gasteiger partial charge in [-0.15, -0.1) is 0 Å². The van der Waals surface area contributed by atoms with E-state index in [9.17, 15) is 9.59 Å². The van der Waals surface area contributed by atoms with E-state index in [4.69, 9.17) is 5.11 Å². The van der Waals surface area contributed by atoms with Crippen molar-refractivity contribution >= 4 is 11.9 Å². The summed E-state index contributed by atoms with van der Waals surface area (Å²) in [5, 5.41) is 9.04. The van der Waals surface area contributed by atoms with Crippen LogP contribution in [-0.4, -0.2) is 59.0 Å². The zero-order chi connectivity index (χ0) is 15.0. The molecule has 0 aromatic heterocycles. The van der Waals surface area contributed by atoms with E-state index in [1.807, 2.05) is 9.80 Å². The van der Waals surface area contributed by atoms with Gasteiger partial charge in [-0.05, 0) is 43.9 Å². The maximum absolute atomic E-state index is 12.4. The maximum atomic E-state index is 12.4. The van der Waals surface area contributed by atoms with Crippen LogP contribution < -0.4 is 0 Å². The van der Waals surface area contributed by atoms with Gasteiger partial charge in [0, 0.05) is 32.6 Å². The molecule has 4 unspecified atom stereocenters. The first-order valence-corrected chi connectivity index (χ1v) is 8.29. The van der Waals surface area contributed by atoms with Crippen molar-refractivity contribution in [1.29, 1.82) is 0 Å². The van der Waals surface area contributed by atoms with Crippen LogP contribution in [0.15, 0.2) is 0 Å². The Kier molecular flexibility index (Phi) is 4.20. The Labute approximate surface area is 126 Å². The van der Waals surface area contributed by atoms with Crippen LogP contribution in [-0.2, 0) is 9.59 Å². The third-order valence-corrected chi connectivity index (χ3v) is 5.89. The maximum Gasteiger partial charge on any atom is 0.320 e. The van der Waals surface area contributed by atoms with Crippen LogP contribution in [0.5, 0.6) is 0 Å². The molecule has 1 heterocycles. The average Bonchev–Trinajstić information content (AvgIpc) is 3.09. The summed E-state index contributed by atoms with van der Waals surface area (Å²) in [5.74, 6) is 1.81. The highest BCUT2D eigenvalue weighted by atomic mass is 16.4. The number of aliphatic carboxylic acids is 1. The molecule has 4 atom stereocenters. The number of rotatable bonds is 4. The van der Waals surface area contributed by atoms with Crippen LogP contribution in [0.4, 0.5) is 0 Å². The minimum atomic E-state index is -0.781. The lowest BCUT2D eigenvalue weighted by atomic mass is 9.86. The fraction of sp³-hybridized carbons (Fsp3) is 0.875. The first kappa shape index (κ1) is 14.8. The van der Waals surface area contributed by atoms with E-state index in [0.29, 0.717) is 32.1 Å². The van der Waals surface area contributed by atoms with Gasteiger partial charge in [-0.25, -0.2) is 0 Å². The van der Waals surface area contributed by atoms with Crippen molar-refractivity contribution in [2.24, 2.45) is 17.8 Å². The highest BCUT2D eigenvalue weighted by Gasteiger charge is 2.40. The Hall–Kier alpha value is -1.10. The van der Waals surface area contributed by atoms with E-state index in [-0.39, 0.29) is 5.91 Å². The Balaban J connectivity index is 1.46. The van der Waals surface area contributed by atoms with Gasteiger partial charge in [0.15, 0.2) is 0 Å². The van der Waals surface area contributed by atoms with Gasteiger partial charge in [0.2, 0.25) is 5.91 Å². The second kappa shape index (κ2) is 5.95. The van der Waals surface area contributed by atoms with E-state index in [1.165, 1.54) is 25.7 Å². The lowest BCUT2D eigenvalue weighted by Gasteiger charge is -2.37. The average molecular weight is 294 g/mol. The molecule has 5 nitrogen and oxygen atoms in total. The second-order valence-electron chi connectivity index (χ2n) is 7.07. The number of hydrogen-bond acceptors (Lipinski definition) is 3. The molecular weight excluding hydrogens is 268 g/mol. The smallest absolute Gasteiger partial charge is 0.320 e. The zero-order valence-electron chi connectivity index (χ0n) is 12.8. The van der Waals surface area contributed by atoms with E-state index in [0.717, 1.165) is 18.3 Å². The fourth-order valence-electron chi connectivity index (χ4n) is 4.49. The second-order valence-corrected chi connectivity index (χ2v) is 7.07. The van der Waals surface area contributed by atoms with Crippen LogP contribution in [0.1, 0.15) is 39.0 Å². The largest absolute Gasteiger partial charge is 0.480 e. The molecule has 1 aliphatic heterocycles. The predicted octanol–water partition coefficient (Wildman–Crippen LogP) is 1.43. The molecule has 2 bridgehead atoms. The molecule has 2 aliphatic carbocycles. The number of nitrogens with zero attached hydrogens (tertiary/aromatic N) is 2. The lowest BCUT2D eigenvalue weighted by molar-refractivity contribution is -0.144. The molecule has 0 aromatic carbocycles. The SMILES string of the molecule is CC(C(=O)O)N1CCN(C(=O)CC2CC3CCC2C3)CC1. The number of carbonyl (C=O) groups excluding carboxylic acids is 1. The predicted molar refractivity (Wildman–Crippen MR) is 78.8 cm³/mol. The quantitative estimate of drug-likeness (QED) is 0.852. The monoisotopic (exact) mass is 294 g/mol. The zero-order valence-corrected chi connectivity index (χ0v) is 12.8. The number of piperazine rings is 1. The van der Waals surface area contributed by atoms with Gasteiger partial charge in [0.05, 0.1) is 0 Å². The summed E-state index contributed by atoms with van der Waals surface area (Å²) in [6, 6.07) is -0.451. The van der Waals surface area contributed by atoms with Crippen LogP contribution in [0, 0.1) is 17.8 Å². The van der Waals surface area contributed by atoms with Crippen molar-refractivity contribution in [2.45, 2.75) is 45.1 Å². The Morgan fingerprint density at radius 1 is 1.14 bits per heavy atom. The third-order valence-electron chi connectivity index (χ3n) is 5.89. The molecule has 0 radical (unpaired) electrons. The molecule has 1 saturated heterocycles. The van der Waals surface area contributed by atoms with Gasteiger partial charge in [-0.2, -0.15) is 0 Å². The number of carbonyl (C=O) groups is 2. The summed E-state index contributed by atoms with van der Waals surface area (Å²) in [7, 11) is 0. The molecule has 2 saturated carbocycles. The summed E-state index contributed by atoms with van der Waals surface area (Å²) >= 11 is 0. The molecule has 5 heteroatoms. The van der Waals surface area contributed by atoms with Crippen molar-refractivity contribution in [3.63, 3.8) is 0 Å². The van der Waals surface area contributed by atoms with Gasteiger partial charge in [0.25, 0.3) is 0 Å². The summed E-state index contributed by atoms with van der Waals surface area (Å²) in [5.41, 5.74) is 0. The van der Waals surface area contributed by atoms with Crippen molar-refractivity contribution in [2.75, 3.05) is 26.2 Å². The highest BCUT2D eigenvalue weighted by molar-refractivity contribution is 5.77. The molecular formula is C16H26N2O3. The van der Waals surface area contributed by atoms with Crippen LogP contribution >= 0.6 is 0 Å².